The molecule has 1 aliphatic heterocycles. The third-order valence-corrected chi connectivity index (χ3v) is 5.63. The van der Waals surface area contributed by atoms with E-state index in [1.54, 1.807) is 7.11 Å². The molecule has 0 radical (unpaired) electrons. The second-order valence-electron chi connectivity index (χ2n) is 7.53. The third kappa shape index (κ3) is 6.58. The van der Waals surface area contributed by atoms with Crippen LogP contribution >= 0.6 is 12.4 Å². The maximum atomic E-state index is 12.5. The van der Waals surface area contributed by atoms with Crippen LogP contribution in [0.25, 0.3) is 0 Å². The molecule has 1 saturated heterocycles. The number of piperidine rings is 1. The highest BCUT2D eigenvalue weighted by Gasteiger charge is 2.29. The number of benzene rings is 1. The maximum Gasteiger partial charge on any atom is 0.412 e. The van der Waals surface area contributed by atoms with Crippen LogP contribution in [0.5, 0.6) is 5.75 Å². The minimum absolute atomic E-state index is 0. The number of ether oxygens (including phenoxy) is 2. The molecule has 1 saturated carbocycles. The highest BCUT2D eigenvalue weighted by molar-refractivity contribution is 5.86. The van der Waals surface area contributed by atoms with Crippen molar-refractivity contribution in [3.05, 3.63) is 24.3 Å². The van der Waals surface area contributed by atoms with Gasteiger partial charge in [-0.3, -0.25) is 5.32 Å². The van der Waals surface area contributed by atoms with Gasteiger partial charge in [0.25, 0.3) is 0 Å². The van der Waals surface area contributed by atoms with Crippen LogP contribution in [0.1, 0.15) is 51.4 Å². The van der Waals surface area contributed by atoms with Crippen LogP contribution in [0.3, 0.4) is 0 Å². The summed E-state index contributed by atoms with van der Waals surface area (Å²) in [5, 5.41) is 2.85. The number of rotatable bonds is 5. The van der Waals surface area contributed by atoms with E-state index in [1.165, 1.54) is 45.2 Å². The third-order valence-electron chi connectivity index (χ3n) is 5.63. The molecular formula is C21H33ClN2O3. The molecule has 0 bridgehead atoms. The van der Waals surface area contributed by atoms with Crippen LogP contribution in [0.4, 0.5) is 10.5 Å². The summed E-state index contributed by atoms with van der Waals surface area (Å²) >= 11 is 0. The van der Waals surface area contributed by atoms with Gasteiger partial charge in [0, 0.05) is 12.5 Å². The summed E-state index contributed by atoms with van der Waals surface area (Å²) in [4.78, 5) is 15.1. The number of methoxy groups -OCH3 is 1. The van der Waals surface area contributed by atoms with Crippen LogP contribution in [0, 0.1) is 5.92 Å². The number of nitrogens with one attached hydrogen (secondary N) is 1. The minimum Gasteiger partial charge on any atom is -0.495 e. The molecule has 2 atom stereocenters. The van der Waals surface area contributed by atoms with Gasteiger partial charge in [-0.05, 0) is 57.3 Å². The first kappa shape index (κ1) is 21.8. The lowest BCUT2D eigenvalue weighted by atomic mass is 9.95. The zero-order valence-corrected chi connectivity index (χ0v) is 17.1. The van der Waals surface area contributed by atoms with Gasteiger partial charge >= 0.3 is 6.09 Å². The fourth-order valence-corrected chi connectivity index (χ4v) is 4.21. The Morgan fingerprint density at radius 3 is 2.56 bits per heavy atom. The number of likely N-dealkylation sites (tertiary alicyclic amines) is 1. The summed E-state index contributed by atoms with van der Waals surface area (Å²) in [6.45, 7) is 3.44. The second-order valence-corrected chi connectivity index (χ2v) is 7.53. The van der Waals surface area contributed by atoms with Gasteiger partial charge in [0.05, 0.1) is 12.8 Å². The fraction of sp³-hybridized carbons (Fsp3) is 0.667. The average molecular weight is 397 g/mol. The van der Waals surface area contributed by atoms with Crippen molar-refractivity contribution in [1.82, 2.24) is 4.90 Å². The smallest absolute Gasteiger partial charge is 0.412 e. The van der Waals surface area contributed by atoms with Crippen molar-refractivity contribution in [2.45, 2.75) is 57.5 Å². The van der Waals surface area contributed by atoms with Gasteiger partial charge < -0.3 is 14.4 Å². The zero-order valence-electron chi connectivity index (χ0n) is 16.3. The molecule has 0 spiro atoms. The van der Waals surface area contributed by atoms with Gasteiger partial charge in [0.15, 0.2) is 0 Å². The van der Waals surface area contributed by atoms with Crippen molar-refractivity contribution in [1.29, 1.82) is 0 Å². The lowest BCUT2D eigenvalue weighted by Crippen LogP contribution is -2.39. The largest absolute Gasteiger partial charge is 0.495 e. The molecule has 1 aromatic rings. The van der Waals surface area contributed by atoms with Crippen LogP contribution in [-0.4, -0.2) is 43.8 Å². The van der Waals surface area contributed by atoms with Gasteiger partial charge in [-0.25, -0.2) is 4.79 Å². The molecule has 1 aromatic carbocycles. The molecule has 1 N–H and O–H groups in total. The van der Waals surface area contributed by atoms with Crippen molar-refractivity contribution in [2.24, 2.45) is 5.92 Å². The molecule has 2 aliphatic rings. The molecule has 27 heavy (non-hydrogen) atoms. The fourth-order valence-electron chi connectivity index (χ4n) is 4.21. The van der Waals surface area contributed by atoms with E-state index >= 15 is 0 Å². The number of hydrogen-bond donors (Lipinski definition) is 1. The number of nitrogens with zero attached hydrogens (tertiary/aromatic N) is 1. The summed E-state index contributed by atoms with van der Waals surface area (Å²) in [6, 6.07) is 7.43. The molecule has 0 aromatic heterocycles. The van der Waals surface area contributed by atoms with Gasteiger partial charge in [-0.2, -0.15) is 0 Å². The normalized spacial score (nSPS) is 23.6. The van der Waals surface area contributed by atoms with Gasteiger partial charge in [-0.1, -0.05) is 31.4 Å². The number of hydrogen-bond acceptors (Lipinski definition) is 4. The quantitative estimate of drug-likeness (QED) is 0.703. The van der Waals surface area contributed by atoms with Crippen molar-refractivity contribution >= 4 is 24.2 Å². The lowest BCUT2D eigenvalue weighted by Gasteiger charge is -2.33. The maximum absolute atomic E-state index is 12.5. The van der Waals surface area contributed by atoms with Crippen LogP contribution in [0.15, 0.2) is 24.3 Å². The van der Waals surface area contributed by atoms with E-state index in [9.17, 15) is 4.79 Å². The molecule has 1 heterocycles. The standard InChI is InChI=1S/C21H32N2O3.ClH/c1-25-20-13-7-6-11-18(20)22-21(24)26-19-12-5-2-4-10-17(19)16-23-14-8-3-9-15-23;/h6-7,11,13,17,19H,2-5,8-10,12,14-16H2,1H3,(H,22,24);1H. The van der Waals surface area contributed by atoms with Crippen LogP contribution in [0.2, 0.25) is 0 Å². The Labute approximate surface area is 169 Å². The van der Waals surface area contributed by atoms with Crippen molar-refractivity contribution < 1.29 is 14.3 Å². The number of carbonyl (C=O) groups excluding carboxylic acids is 1. The summed E-state index contributed by atoms with van der Waals surface area (Å²) < 4.78 is 11.2. The Bertz CT molecular complexity index is 578. The van der Waals surface area contributed by atoms with E-state index < -0.39 is 0 Å². The van der Waals surface area contributed by atoms with E-state index in [0.29, 0.717) is 17.4 Å². The summed E-state index contributed by atoms with van der Waals surface area (Å²) in [6.07, 6.45) is 9.34. The number of amides is 1. The molecule has 2 fully saturated rings. The van der Waals surface area contributed by atoms with Gasteiger partial charge in [0.1, 0.15) is 11.9 Å². The summed E-state index contributed by atoms with van der Waals surface area (Å²) in [5.41, 5.74) is 0.654. The monoisotopic (exact) mass is 396 g/mol. The van der Waals surface area contributed by atoms with Crippen molar-refractivity contribution in [2.75, 3.05) is 32.1 Å². The molecule has 6 heteroatoms. The first-order valence-electron chi connectivity index (χ1n) is 10.1. The highest BCUT2D eigenvalue weighted by Crippen LogP contribution is 2.29. The Morgan fingerprint density at radius 1 is 1.07 bits per heavy atom. The molecular weight excluding hydrogens is 364 g/mol. The minimum atomic E-state index is -0.370. The SMILES string of the molecule is COc1ccccc1NC(=O)OC1CCCCCC1CN1CCCCC1.Cl. The Balaban J connectivity index is 0.00000261. The highest BCUT2D eigenvalue weighted by atomic mass is 35.5. The van der Waals surface area contributed by atoms with Gasteiger partial charge in [-0.15, -0.1) is 12.4 Å². The summed E-state index contributed by atoms with van der Waals surface area (Å²) in [7, 11) is 1.60. The van der Waals surface area contributed by atoms with Crippen molar-refractivity contribution in [3.8, 4) is 5.75 Å². The number of carbonyl (C=O) groups is 1. The summed E-state index contributed by atoms with van der Waals surface area (Å²) in [5.74, 6) is 1.09. The predicted molar refractivity (Wildman–Crippen MR) is 111 cm³/mol. The van der Waals surface area contributed by atoms with E-state index in [-0.39, 0.29) is 24.6 Å². The van der Waals surface area contributed by atoms with Crippen LogP contribution < -0.4 is 10.1 Å². The molecule has 152 valence electrons. The molecule has 3 rings (SSSR count). The molecule has 1 amide bonds. The van der Waals surface area contributed by atoms with E-state index in [1.807, 2.05) is 24.3 Å². The van der Waals surface area contributed by atoms with E-state index in [0.717, 1.165) is 25.8 Å². The molecule has 5 nitrogen and oxygen atoms in total. The van der Waals surface area contributed by atoms with Crippen molar-refractivity contribution in [3.63, 3.8) is 0 Å². The van der Waals surface area contributed by atoms with E-state index in [2.05, 4.69) is 10.2 Å². The Morgan fingerprint density at radius 2 is 1.78 bits per heavy atom. The van der Waals surface area contributed by atoms with Gasteiger partial charge in [0.2, 0.25) is 0 Å². The lowest BCUT2D eigenvalue weighted by molar-refractivity contribution is 0.0472. The molecule has 1 aliphatic carbocycles. The number of para-hydroxylation sites is 2. The molecule has 2 unspecified atom stereocenters. The topological polar surface area (TPSA) is 50.8 Å². The average Bonchev–Trinajstić information content (AvgIpc) is 2.88. The zero-order chi connectivity index (χ0) is 18.2. The van der Waals surface area contributed by atoms with Crippen LogP contribution in [-0.2, 0) is 4.74 Å². The Hall–Kier alpha value is -1.46. The van der Waals surface area contributed by atoms with E-state index in [4.69, 9.17) is 9.47 Å². The number of anilines is 1. The second kappa shape index (κ2) is 11.4. The first-order valence-corrected chi connectivity index (χ1v) is 10.1. The predicted octanol–water partition coefficient (Wildman–Crippen LogP) is 5.10. The number of halogens is 1. The first-order chi connectivity index (χ1) is 12.8. The Kier molecular flexibility index (Phi) is 9.22.